The first-order valence-electron chi connectivity index (χ1n) is 0. The first kappa shape index (κ1) is 41.2. The largest absolute Gasteiger partial charge is 2.00 e. The Bertz CT molecular complexity index is 8.00. The van der Waals surface area contributed by atoms with Crippen LogP contribution < -0.4 is 0 Å². The van der Waals surface area contributed by atoms with Gasteiger partial charge in [0.1, 0.15) is 0 Å². The van der Waals surface area contributed by atoms with Crippen molar-refractivity contribution < 1.29 is 40.5 Å². The van der Waals surface area contributed by atoms with Gasteiger partial charge in [-0.05, 0) is 0 Å². The molecule has 0 aliphatic heterocycles. The topological polar surface area (TPSA) is 28.5 Å². The van der Waals surface area contributed by atoms with E-state index in [1.165, 1.54) is 0 Å². The summed E-state index contributed by atoms with van der Waals surface area (Å²) in [6, 6.07) is 0. The predicted molar refractivity (Wildman–Crippen MR) is 6.44 cm³/mol. The van der Waals surface area contributed by atoms with Gasteiger partial charge in [0.15, 0.2) is 0 Å². The van der Waals surface area contributed by atoms with Gasteiger partial charge in [0.05, 0.1) is 0 Å². The molecule has 21 valence electrons. The molecule has 0 unspecified atom stereocenters. The zero-order valence-corrected chi connectivity index (χ0v) is 5.68. The van der Waals surface area contributed by atoms with Crippen molar-refractivity contribution >= 4 is 23.1 Å². The van der Waals surface area contributed by atoms with Crippen molar-refractivity contribution in [3.05, 3.63) is 0 Å². The summed E-state index contributed by atoms with van der Waals surface area (Å²) >= 11 is 0. The molecule has 0 N–H and O–H groups in total. The second-order valence-corrected chi connectivity index (χ2v) is 0. The molecule has 0 spiro atoms. The number of hydrogen-bond donors (Lipinski definition) is 0. The van der Waals surface area contributed by atoms with Gasteiger partial charge in [-0.25, -0.2) is 0 Å². The van der Waals surface area contributed by atoms with E-state index in [1.54, 1.807) is 0 Å². The Morgan fingerprint density at radius 2 is 1.00 bits per heavy atom. The van der Waals surface area contributed by atoms with Crippen LogP contribution in [0.5, 0.6) is 0 Å². The van der Waals surface area contributed by atoms with E-state index in [0.717, 1.165) is 0 Å². The third kappa shape index (κ3) is 9.19. The van der Waals surface area contributed by atoms with Crippen molar-refractivity contribution in [2.45, 2.75) is 0 Å². The van der Waals surface area contributed by atoms with E-state index in [1.807, 2.05) is 0 Å². The Morgan fingerprint density at radius 3 is 1.00 bits per heavy atom. The maximum atomic E-state index is 0. The summed E-state index contributed by atoms with van der Waals surface area (Å²) < 4.78 is 0. The standard InChI is InChI=1S/Mg.Ni.O.V/q2*+2;-2;. The Hall–Kier alpha value is 1.80. The SMILES string of the molecule is [Mg+2].[Ni+2].[O-2].[V]. The molecule has 0 aliphatic rings. The molecule has 4 heteroatoms. The van der Waals surface area contributed by atoms with Gasteiger partial charge in [-0.2, -0.15) is 0 Å². The van der Waals surface area contributed by atoms with Crippen molar-refractivity contribution in [1.82, 2.24) is 0 Å². The fraction of sp³-hybridized carbons (Fsp3) is 0. The molecular weight excluding hydrogens is 150 g/mol. The Labute approximate surface area is 63.2 Å². The summed E-state index contributed by atoms with van der Waals surface area (Å²) in [6.45, 7) is 0. The van der Waals surface area contributed by atoms with Gasteiger partial charge in [0, 0.05) is 18.6 Å². The smallest absolute Gasteiger partial charge is 2.00 e. The summed E-state index contributed by atoms with van der Waals surface area (Å²) in [6.07, 6.45) is 0. The minimum absolute atomic E-state index is 0. The summed E-state index contributed by atoms with van der Waals surface area (Å²) in [4.78, 5) is 0. The van der Waals surface area contributed by atoms with Crippen LogP contribution in [0, 0.1) is 0 Å². The maximum absolute atomic E-state index is 0. The summed E-state index contributed by atoms with van der Waals surface area (Å²) in [5, 5.41) is 0. The fourth-order valence-corrected chi connectivity index (χ4v) is 0. The van der Waals surface area contributed by atoms with E-state index < -0.39 is 0 Å². The first-order valence-corrected chi connectivity index (χ1v) is 0. The minimum Gasteiger partial charge on any atom is -2.00 e. The van der Waals surface area contributed by atoms with E-state index in [0.29, 0.717) is 0 Å². The van der Waals surface area contributed by atoms with E-state index in [-0.39, 0.29) is 63.6 Å². The molecule has 0 fully saturated rings. The first-order chi connectivity index (χ1) is 0. The molecule has 1 nitrogen and oxygen atoms in total. The van der Waals surface area contributed by atoms with E-state index in [9.17, 15) is 0 Å². The summed E-state index contributed by atoms with van der Waals surface area (Å²) in [7, 11) is 0. The van der Waals surface area contributed by atoms with E-state index >= 15 is 0 Å². The van der Waals surface area contributed by atoms with Gasteiger partial charge in [-0.15, -0.1) is 0 Å². The molecule has 0 bridgehead atoms. The van der Waals surface area contributed by atoms with Gasteiger partial charge in [-0.1, -0.05) is 0 Å². The van der Waals surface area contributed by atoms with Crippen LogP contribution in [0.3, 0.4) is 0 Å². The molecule has 0 atom stereocenters. The van der Waals surface area contributed by atoms with Gasteiger partial charge in [0.2, 0.25) is 0 Å². The summed E-state index contributed by atoms with van der Waals surface area (Å²) in [5.41, 5.74) is 0. The normalized spacial score (nSPS) is 0. The van der Waals surface area contributed by atoms with Gasteiger partial charge < -0.3 is 5.48 Å². The van der Waals surface area contributed by atoms with Crippen LogP contribution in [-0.4, -0.2) is 23.1 Å². The third-order valence-corrected chi connectivity index (χ3v) is 0. The van der Waals surface area contributed by atoms with Gasteiger partial charge in [0.25, 0.3) is 0 Å². The second-order valence-electron chi connectivity index (χ2n) is 0. The summed E-state index contributed by atoms with van der Waals surface area (Å²) in [5.74, 6) is 0. The second kappa shape index (κ2) is 21.4. The average Bonchev–Trinajstić information content (AvgIpc) is 0. The molecular formula is MgNiOV+2. The molecule has 0 amide bonds. The number of hydrogen-bond acceptors (Lipinski definition) is 0. The van der Waals surface area contributed by atoms with Gasteiger partial charge in [-0.3, -0.25) is 0 Å². The minimum atomic E-state index is 0. The van der Waals surface area contributed by atoms with Crippen LogP contribution in [-0.2, 0) is 40.5 Å². The third-order valence-electron chi connectivity index (χ3n) is 0. The van der Waals surface area contributed by atoms with Crippen LogP contribution in [0.2, 0.25) is 0 Å². The quantitative estimate of drug-likeness (QED) is 0.416. The Kier molecular flexibility index (Phi) is 220. The van der Waals surface area contributed by atoms with Crippen LogP contribution >= 0.6 is 0 Å². The van der Waals surface area contributed by atoms with Crippen LogP contribution in [0.4, 0.5) is 0 Å². The monoisotopic (exact) mass is 149 g/mol. The fourth-order valence-electron chi connectivity index (χ4n) is 0. The Balaban J connectivity index is 0. The molecule has 0 aromatic rings. The van der Waals surface area contributed by atoms with Crippen LogP contribution in [0.1, 0.15) is 0 Å². The van der Waals surface area contributed by atoms with E-state index in [2.05, 4.69) is 0 Å². The van der Waals surface area contributed by atoms with E-state index in [4.69, 9.17) is 0 Å². The maximum Gasteiger partial charge on any atom is 2.00 e. The van der Waals surface area contributed by atoms with Crippen molar-refractivity contribution in [2.24, 2.45) is 0 Å². The van der Waals surface area contributed by atoms with Gasteiger partial charge >= 0.3 is 39.5 Å². The molecule has 0 heterocycles. The molecule has 0 aromatic heterocycles. The zero-order chi connectivity index (χ0) is 0. The number of rotatable bonds is 0. The Morgan fingerprint density at radius 1 is 1.00 bits per heavy atom. The average molecular weight is 150 g/mol. The molecule has 0 rings (SSSR count). The zero-order valence-electron chi connectivity index (χ0n) is 1.88. The van der Waals surface area contributed by atoms with Crippen molar-refractivity contribution in [3.63, 3.8) is 0 Å². The molecule has 0 aromatic carbocycles. The molecule has 0 aliphatic carbocycles. The van der Waals surface area contributed by atoms with Crippen molar-refractivity contribution in [2.75, 3.05) is 0 Å². The van der Waals surface area contributed by atoms with Crippen LogP contribution in [0.15, 0.2) is 0 Å². The van der Waals surface area contributed by atoms with Crippen LogP contribution in [0.25, 0.3) is 0 Å². The molecule has 0 saturated heterocycles. The van der Waals surface area contributed by atoms with Crippen molar-refractivity contribution in [1.29, 1.82) is 0 Å². The predicted octanol–water partition coefficient (Wildman–Crippen LogP) is -0.505. The molecule has 4 heavy (non-hydrogen) atoms. The van der Waals surface area contributed by atoms with Crippen molar-refractivity contribution in [3.8, 4) is 0 Å². The molecule has 0 saturated carbocycles. The molecule has 1 radical (unpaired) electrons.